The summed E-state index contributed by atoms with van der Waals surface area (Å²) < 4.78 is 110. The van der Waals surface area contributed by atoms with Crippen molar-refractivity contribution < 1.29 is 39.5 Å². The maximum atomic E-state index is 12.8. The van der Waals surface area contributed by atoms with Crippen LogP contribution in [0.4, 0.5) is 32.0 Å². The normalized spacial score (nSPS) is 13.1. The zero-order chi connectivity index (χ0) is 27.8. The summed E-state index contributed by atoms with van der Waals surface area (Å²) in [6.07, 6.45) is -9.41. The van der Waals surface area contributed by atoms with Crippen molar-refractivity contribution in [2.75, 3.05) is 11.5 Å². The quantitative estimate of drug-likeness (QED) is 0.352. The molecule has 0 aliphatic carbocycles. The van der Waals surface area contributed by atoms with E-state index in [2.05, 4.69) is 9.82 Å². The van der Waals surface area contributed by atoms with E-state index < -0.39 is 39.2 Å². The van der Waals surface area contributed by atoms with E-state index in [-0.39, 0.29) is 23.0 Å². The van der Waals surface area contributed by atoms with Crippen LogP contribution in [-0.2, 0) is 28.3 Å². The van der Waals surface area contributed by atoms with Gasteiger partial charge in [0.2, 0.25) is 15.9 Å². The largest absolute Gasteiger partial charge is 0.437 e. The molecule has 0 aliphatic rings. The fourth-order valence-electron chi connectivity index (χ4n) is 3.57. The van der Waals surface area contributed by atoms with Crippen LogP contribution in [0.25, 0.3) is 11.3 Å². The molecule has 0 atom stereocenters. The Morgan fingerprint density at radius 2 is 1.62 bits per heavy atom. The number of nitrogens with zero attached hydrogens (tertiary/aromatic N) is 2. The van der Waals surface area contributed by atoms with Gasteiger partial charge in [0.25, 0.3) is 0 Å². The van der Waals surface area contributed by atoms with Gasteiger partial charge in [-0.05, 0) is 56.7 Å². The number of hydrogen-bond donors (Lipinski definition) is 2. The first-order valence-electron chi connectivity index (χ1n) is 10.8. The molecular weight excluding hydrogens is 526 g/mol. The molecule has 2 aromatic carbocycles. The van der Waals surface area contributed by atoms with Crippen LogP contribution in [0.3, 0.4) is 0 Å². The first kappa shape index (κ1) is 28.3. The number of rotatable bonds is 8. The van der Waals surface area contributed by atoms with Crippen LogP contribution in [-0.4, -0.2) is 30.1 Å². The van der Waals surface area contributed by atoms with E-state index in [9.17, 15) is 34.8 Å². The van der Waals surface area contributed by atoms with Crippen LogP contribution in [0.2, 0.25) is 0 Å². The highest BCUT2D eigenvalue weighted by molar-refractivity contribution is 7.89. The Labute approximate surface area is 209 Å². The Bertz CT molecular complexity index is 1360. The Morgan fingerprint density at radius 3 is 2.16 bits per heavy atom. The molecule has 1 aromatic heterocycles. The number of halogens is 6. The summed E-state index contributed by atoms with van der Waals surface area (Å²) in [5.41, 5.74) is 5.06. The van der Waals surface area contributed by atoms with Crippen LogP contribution in [0, 0.1) is 0 Å². The number of alkyl halides is 6. The Hall–Kier alpha value is -3.26. The number of aromatic nitrogens is 2. The molecule has 0 amide bonds. The molecule has 14 heteroatoms. The van der Waals surface area contributed by atoms with Gasteiger partial charge < -0.3 is 10.5 Å². The molecule has 1 heterocycles. The molecule has 0 radical (unpaired) electrons. The highest BCUT2D eigenvalue weighted by atomic mass is 32.2. The minimum Gasteiger partial charge on any atom is -0.437 e. The molecule has 0 fully saturated rings. The molecular formula is C23H24F6N4O3S. The monoisotopic (exact) mass is 550 g/mol. The lowest BCUT2D eigenvalue weighted by Crippen LogP contribution is -2.44. The number of nitrogen functional groups attached to an aromatic ring is 1. The molecule has 202 valence electrons. The highest BCUT2D eigenvalue weighted by Gasteiger charge is 2.38. The molecule has 3 N–H and O–H groups in total. The lowest BCUT2D eigenvalue weighted by atomic mass is 9.93. The number of benzene rings is 2. The molecule has 0 saturated heterocycles. The summed E-state index contributed by atoms with van der Waals surface area (Å²) in [4.78, 5) is 0. The van der Waals surface area contributed by atoms with Gasteiger partial charge in [0, 0.05) is 12.1 Å². The van der Waals surface area contributed by atoms with Crippen molar-refractivity contribution in [1.29, 1.82) is 0 Å². The fourth-order valence-corrected chi connectivity index (χ4v) is 4.97. The average Bonchev–Trinajstić information content (AvgIpc) is 3.06. The number of sulfonamides is 1. The first-order chi connectivity index (χ1) is 16.9. The summed E-state index contributed by atoms with van der Waals surface area (Å²) in [6, 6.07) is 10.3. The van der Waals surface area contributed by atoms with Gasteiger partial charge in [0.15, 0.2) is 5.75 Å². The Morgan fingerprint density at radius 1 is 1.00 bits per heavy atom. The van der Waals surface area contributed by atoms with Crippen molar-refractivity contribution >= 4 is 15.7 Å². The smallest absolute Gasteiger partial charge is 0.416 e. The van der Waals surface area contributed by atoms with Gasteiger partial charge in [-0.2, -0.15) is 31.4 Å². The van der Waals surface area contributed by atoms with Crippen LogP contribution >= 0.6 is 0 Å². The molecule has 0 bridgehead atoms. The molecule has 3 aromatic rings. The zero-order valence-electron chi connectivity index (χ0n) is 19.9. The van der Waals surface area contributed by atoms with Crippen LogP contribution < -0.4 is 15.2 Å². The summed E-state index contributed by atoms with van der Waals surface area (Å²) in [5, 5.41) is 4.40. The number of aryl methyl sites for hydroxylation is 1. The third-order valence-corrected chi connectivity index (χ3v) is 6.79. The summed E-state index contributed by atoms with van der Waals surface area (Å²) in [7, 11) is -4.69. The topological polar surface area (TPSA) is 99.2 Å². The van der Waals surface area contributed by atoms with E-state index >= 15 is 0 Å². The molecule has 0 spiro atoms. The molecule has 0 saturated carbocycles. The highest BCUT2D eigenvalue weighted by Crippen LogP contribution is 2.38. The van der Waals surface area contributed by atoms with E-state index in [0.717, 1.165) is 24.3 Å². The number of nitrogens with two attached hydrogens (primary N) is 1. The molecule has 3 rings (SSSR count). The van der Waals surface area contributed by atoms with E-state index in [1.165, 1.54) is 30.7 Å². The van der Waals surface area contributed by atoms with Gasteiger partial charge in [-0.3, -0.25) is 0 Å². The van der Waals surface area contributed by atoms with Crippen molar-refractivity contribution in [2.45, 2.75) is 45.2 Å². The third-order valence-electron chi connectivity index (χ3n) is 5.26. The predicted octanol–water partition coefficient (Wildman–Crippen LogP) is 5.68. The number of hydrogen-bond acceptors (Lipinski definition) is 5. The van der Waals surface area contributed by atoms with Crippen molar-refractivity contribution in [3.63, 3.8) is 0 Å². The summed E-state index contributed by atoms with van der Waals surface area (Å²) in [5.74, 6) is -1.86. The minimum atomic E-state index is -4.91. The Kier molecular flexibility index (Phi) is 7.57. The second-order valence-corrected chi connectivity index (χ2v) is 10.4. The standard InChI is InChI=1S/C23H24F6N4O3S/c1-4-33-20(36-17-10-8-15(9-11-17)23(27,28)29)18(30)19(31-33)14-6-5-7-16(12-14)21(2,3)32-37(34,35)13-22(24,25)26/h5-12,32H,4,13,30H2,1-3H3. The third kappa shape index (κ3) is 6.95. The zero-order valence-corrected chi connectivity index (χ0v) is 20.7. The fraction of sp³-hybridized carbons (Fsp3) is 0.348. The van der Waals surface area contributed by atoms with Crippen molar-refractivity contribution in [3.05, 3.63) is 59.7 Å². The van der Waals surface area contributed by atoms with E-state index in [4.69, 9.17) is 10.5 Å². The van der Waals surface area contributed by atoms with Gasteiger partial charge in [0.05, 0.1) is 11.1 Å². The molecule has 37 heavy (non-hydrogen) atoms. The lowest BCUT2D eigenvalue weighted by molar-refractivity contribution is -0.137. The van der Waals surface area contributed by atoms with Crippen molar-refractivity contribution in [2.24, 2.45) is 0 Å². The molecule has 0 aliphatic heterocycles. The van der Waals surface area contributed by atoms with Crippen LogP contribution in [0.1, 0.15) is 31.9 Å². The number of ether oxygens (including phenoxy) is 1. The average molecular weight is 551 g/mol. The number of nitrogens with one attached hydrogen (secondary N) is 1. The van der Waals surface area contributed by atoms with E-state index in [0.29, 0.717) is 17.7 Å². The molecule has 7 nitrogen and oxygen atoms in total. The SMILES string of the molecule is CCn1nc(-c2cccc(C(C)(C)NS(=O)(=O)CC(F)(F)F)c2)c(N)c1Oc1ccc(C(F)(F)F)cc1. The van der Waals surface area contributed by atoms with Crippen LogP contribution in [0.15, 0.2) is 48.5 Å². The summed E-state index contributed by atoms with van der Waals surface area (Å²) >= 11 is 0. The lowest BCUT2D eigenvalue weighted by Gasteiger charge is -2.27. The Balaban J connectivity index is 1.93. The second-order valence-electron chi connectivity index (χ2n) is 8.69. The first-order valence-corrected chi connectivity index (χ1v) is 12.5. The maximum absolute atomic E-state index is 12.8. The van der Waals surface area contributed by atoms with Gasteiger partial charge >= 0.3 is 12.4 Å². The second kappa shape index (κ2) is 9.89. The summed E-state index contributed by atoms with van der Waals surface area (Å²) in [6.45, 7) is 4.85. The van der Waals surface area contributed by atoms with E-state index in [1.54, 1.807) is 19.1 Å². The minimum absolute atomic E-state index is 0.0642. The maximum Gasteiger partial charge on any atom is 0.416 e. The van der Waals surface area contributed by atoms with E-state index in [1.807, 2.05) is 0 Å². The van der Waals surface area contributed by atoms with Gasteiger partial charge in [-0.15, -0.1) is 0 Å². The van der Waals surface area contributed by atoms with Gasteiger partial charge in [0.1, 0.15) is 17.1 Å². The van der Waals surface area contributed by atoms with Crippen molar-refractivity contribution in [3.8, 4) is 22.9 Å². The van der Waals surface area contributed by atoms with Gasteiger partial charge in [-0.25, -0.2) is 17.8 Å². The van der Waals surface area contributed by atoms with Crippen molar-refractivity contribution in [1.82, 2.24) is 14.5 Å². The number of anilines is 1. The van der Waals surface area contributed by atoms with Crippen LogP contribution in [0.5, 0.6) is 11.6 Å². The molecule has 0 unspecified atom stereocenters. The van der Waals surface area contributed by atoms with Gasteiger partial charge in [-0.1, -0.05) is 18.2 Å². The predicted molar refractivity (Wildman–Crippen MR) is 125 cm³/mol.